The van der Waals surface area contributed by atoms with Gasteiger partial charge in [-0.3, -0.25) is 14.8 Å². The molecule has 2 aromatic rings. The van der Waals surface area contributed by atoms with Gasteiger partial charge in [-0.1, -0.05) is 6.07 Å². The Morgan fingerprint density at radius 2 is 2.06 bits per heavy atom. The van der Waals surface area contributed by atoms with Gasteiger partial charge in [-0.15, -0.1) is 0 Å². The zero-order valence-corrected chi connectivity index (χ0v) is 9.37. The lowest BCUT2D eigenvalue weighted by atomic mass is 10.1. The number of amides is 1. The lowest BCUT2D eigenvalue weighted by molar-refractivity contribution is 0.0934. The van der Waals surface area contributed by atoms with E-state index in [0.717, 1.165) is 5.56 Å². The summed E-state index contributed by atoms with van der Waals surface area (Å²) >= 11 is 0. The van der Waals surface area contributed by atoms with Crippen LogP contribution in [0.4, 0.5) is 0 Å². The van der Waals surface area contributed by atoms with Gasteiger partial charge in [0.05, 0.1) is 12.2 Å². The van der Waals surface area contributed by atoms with Gasteiger partial charge in [0, 0.05) is 24.8 Å². The number of rotatable bonds is 3. The predicted octanol–water partition coefficient (Wildman–Crippen LogP) is 1.36. The number of hydrogen-bond acceptors (Lipinski definition) is 4. The summed E-state index contributed by atoms with van der Waals surface area (Å²) in [4.78, 5) is 23.6. The number of hydrogen-bond donors (Lipinski definition) is 1. The third-order valence-electron chi connectivity index (χ3n) is 2.33. The Morgan fingerprint density at radius 3 is 2.71 bits per heavy atom. The second kappa shape index (κ2) is 5.16. The van der Waals surface area contributed by atoms with E-state index in [1.165, 1.54) is 18.6 Å². The van der Waals surface area contributed by atoms with Crippen molar-refractivity contribution >= 4 is 5.91 Å². The maximum atomic E-state index is 11.8. The molecule has 2 aromatic heterocycles. The van der Waals surface area contributed by atoms with Gasteiger partial charge in [0.15, 0.2) is 0 Å². The summed E-state index contributed by atoms with van der Waals surface area (Å²) in [5.74, 6) is -0.241. The Balaban J connectivity index is 2.05. The molecule has 5 nitrogen and oxygen atoms in total. The number of nitrogens with zero attached hydrogens (tertiary/aromatic N) is 3. The smallest absolute Gasteiger partial charge is 0.271 e. The maximum absolute atomic E-state index is 11.8. The molecule has 1 amide bonds. The van der Waals surface area contributed by atoms with Crippen LogP contribution in [-0.2, 0) is 0 Å². The first-order chi connectivity index (χ1) is 8.27. The monoisotopic (exact) mass is 228 g/mol. The summed E-state index contributed by atoms with van der Waals surface area (Å²) in [5.41, 5.74) is 1.26. The molecule has 0 saturated carbocycles. The Bertz CT molecular complexity index is 486. The molecule has 0 aliphatic rings. The molecular formula is C12H12N4O. The number of carbonyl (C=O) groups excluding carboxylic acids is 1. The fraction of sp³-hybridized carbons (Fsp3) is 0.167. The van der Waals surface area contributed by atoms with Crippen LogP contribution in [-0.4, -0.2) is 20.9 Å². The van der Waals surface area contributed by atoms with Crippen molar-refractivity contribution in [1.29, 1.82) is 0 Å². The molecule has 0 spiro atoms. The highest BCUT2D eigenvalue weighted by Gasteiger charge is 2.12. The topological polar surface area (TPSA) is 67.8 Å². The van der Waals surface area contributed by atoms with Gasteiger partial charge in [-0.2, -0.15) is 0 Å². The van der Waals surface area contributed by atoms with Crippen LogP contribution in [0.25, 0.3) is 0 Å². The van der Waals surface area contributed by atoms with Crippen LogP contribution < -0.4 is 5.32 Å². The van der Waals surface area contributed by atoms with Crippen molar-refractivity contribution in [3.63, 3.8) is 0 Å². The van der Waals surface area contributed by atoms with E-state index >= 15 is 0 Å². The van der Waals surface area contributed by atoms with E-state index in [-0.39, 0.29) is 11.9 Å². The van der Waals surface area contributed by atoms with Gasteiger partial charge in [0.2, 0.25) is 0 Å². The first-order valence-corrected chi connectivity index (χ1v) is 5.24. The van der Waals surface area contributed by atoms with Crippen molar-refractivity contribution in [2.45, 2.75) is 13.0 Å². The van der Waals surface area contributed by atoms with Crippen LogP contribution in [0, 0.1) is 0 Å². The van der Waals surface area contributed by atoms with Gasteiger partial charge in [-0.25, -0.2) is 4.98 Å². The molecule has 2 heterocycles. The second-order valence-electron chi connectivity index (χ2n) is 3.57. The van der Waals surface area contributed by atoms with Crippen molar-refractivity contribution in [1.82, 2.24) is 20.3 Å². The lowest BCUT2D eigenvalue weighted by Gasteiger charge is -2.12. The molecular weight excluding hydrogens is 216 g/mol. The highest BCUT2D eigenvalue weighted by atomic mass is 16.1. The third kappa shape index (κ3) is 2.84. The fourth-order valence-electron chi connectivity index (χ4n) is 1.40. The number of carbonyl (C=O) groups is 1. The van der Waals surface area contributed by atoms with E-state index in [1.807, 2.05) is 19.1 Å². The summed E-state index contributed by atoms with van der Waals surface area (Å²) in [6.45, 7) is 1.89. The minimum atomic E-state index is -0.241. The maximum Gasteiger partial charge on any atom is 0.271 e. The zero-order valence-electron chi connectivity index (χ0n) is 9.37. The van der Waals surface area contributed by atoms with Crippen LogP contribution in [0.3, 0.4) is 0 Å². The Morgan fingerprint density at radius 1 is 1.24 bits per heavy atom. The van der Waals surface area contributed by atoms with Crippen LogP contribution in [0.1, 0.15) is 29.0 Å². The molecule has 0 aliphatic carbocycles. The molecule has 0 aliphatic heterocycles. The standard InChI is InChI=1S/C12H12N4O/c1-9(10-3-2-4-13-7-10)16-12(17)11-8-14-5-6-15-11/h2-9H,1H3,(H,16,17)/t9-/m1/s1. The Labute approximate surface area is 99.0 Å². The number of aromatic nitrogens is 3. The molecule has 86 valence electrons. The summed E-state index contributed by atoms with van der Waals surface area (Å²) < 4.78 is 0. The van der Waals surface area contributed by atoms with Gasteiger partial charge >= 0.3 is 0 Å². The van der Waals surface area contributed by atoms with Crippen molar-refractivity contribution < 1.29 is 4.79 Å². The summed E-state index contributed by atoms with van der Waals surface area (Å²) in [6.07, 6.45) is 7.87. The highest BCUT2D eigenvalue weighted by molar-refractivity contribution is 5.92. The van der Waals surface area contributed by atoms with E-state index in [4.69, 9.17) is 0 Å². The fourth-order valence-corrected chi connectivity index (χ4v) is 1.40. The van der Waals surface area contributed by atoms with Gasteiger partial charge in [-0.05, 0) is 18.6 Å². The molecule has 0 bridgehead atoms. The van der Waals surface area contributed by atoms with Crippen LogP contribution in [0.15, 0.2) is 43.1 Å². The van der Waals surface area contributed by atoms with Crippen molar-refractivity contribution in [2.24, 2.45) is 0 Å². The summed E-state index contributed by atoms with van der Waals surface area (Å²) in [7, 11) is 0. The van der Waals surface area contributed by atoms with Crippen molar-refractivity contribution in [2.75, 3.05) is 0 Å². The first-order valence-electron chi connectivity index (χ1n) is 5.24. The molecule has 0 saturated heterocycles. The predicted molar refractivity (Wildman–Crippen MR) is 62.2 cm³/mol. The van der Waals surface area contributed by atoms with Crippen molar-refractivity contribution in [3.05, 3.63) is 54.4 Å². The average Bonchev–Trinajstić information content (AvgIpc) is 2.40. The minimum Gasteiger partial charge on any atom is -0.344 e. The Hall–Kier alpha value is -2.30. The molecule has 1 N–H and O–H groups in total. The molecule has 17 heavy (non-hydrogen) atoms. The minimum absolute atomic E-state index is 0.113. The van der Waals surface area contributed by atoms with Gasteiger partial charge in [0.25, 0.3) is 5.91 Å². The summed E-state index contributed by atoms with van der Waals surface area (Å²) in [6, 6.07) is 3.63. The molecule has 5 heteroatoms. The highest BCUT2D eigenvalue weighted by Crippen LogP contribution is 2.10. The van der Waals surface area contributed by atoms with Crippen LogP contribution in [0.2, 0.25) is 0 Å². The van der Waals surface area contributed by atoms with Gasteiger partial charge < -0.3 is 5.32 Å². The van der Waals surface area contributed by atoms with Crippen LogP contribution in [0.5, 0.6) is 0 Å². The quantitative estimate of drug-likeness (QED) is 0.861. The molecule has 0 unspecified atom stereocenters. The normalized spacial score (nSPS) is 11.8. The van der Waals surface area contributed by atoms with E-state index in [0.29, 0.717) is 5.69 Å². The first kappa shape index (κ1) is 11.2. The van der Waals surface area contributed by atoms with E-state index < -0.39 is 0 Å². The zero-order chi connectivity index (χ0) is 12.1. The van der Waals surface area contributed by atoms with Gasteiger partial charge in [0.1, 0.15) is 5.69 Å². The van der Waals surface area contributed by atoms with E-state index in [1.54, 1.807) is 12.4 Å². The second-order valence-corrected chi connectivity index (χ2v) is 3.57. The summed E-state index contributed by atoms with van der Waals surface area (Å²) in [5, 5.41) is 2.83. The third-order valence-corrected chi connectivity index (χ3v) is 2.33. The average molecular weight is 228 g/mol. The van der Waals surface area contributed by atoms with E-state index in [9.17, 15) is 4.79 Å². The molecule has 0 aromatic carbocycles. The molecule has 0 radical (unpaired) electrons. The number of nitrogens with one attached hydrogen (secondary N) is 1. The molecule has 0 fully saturated rings. The number of pyridine rings is 1. The molecule has 1 atom stereocenters. The molecule has 2 rings (SSSR count). The lowest BCUT2D eigenvalue weighted by Crippen LogP contribution is -2.27. The Kier molecular flexibility index (Phi) is 3.40. The SMILES string of the molecule is C[C@@H](NC(=O)c1cnccn1)c1cccnc1. The largest absolute Gasteiger partial charge is 0.344 e. The van der Waals surface area contributed by atoms with E-state index in [2.05, 4.69) is 20.3 Å². The van der Waals surface area contributed by atoms with Crippen molar-refractivity contribution in [3.8, 4) is 0 Å². The van der Waals surface area contributed by atoms with Crippen LogP contribution >= 0.6 is 0 Å².